The Morgan fingerprint density at radius 3 is 2.62 bits per heavy atom. The van der Waals surface area contributed by atoms with Gasteiger partial charge in [0.15, 0.2) is 5.82 Å². The van der Waals surface area contributed by atoms with Gasteiger partial charge in [-0.15, -0.1) is 5.10 Å². The molecule has 0 radical (unpaired) electrons. The highest BCUT2D eigenvalue weighted by molar-refractivity contribution is 5.66. The van der Waals surface area contributed by atoms with Crippen molar-refractivity contribution in [1.29, 1.82) is 0 Å². The van der Waals surface area contributed by atoms with E-state index in [0.29, 0.717) is 6.54 Å². The summed E-state index contributed by atoms with van der Waals surface area (Å²) in [7, 11) is 0. The fourth-order valence-electron chi connectivity index (χ4n) is 1.52. The second-order valence-electron chi connectivity index (χ2n) is 5.14. The van der Waals surface area contributed by atoms with Crippen molar-refractivity contribution in [3.63, 3.8) is 0 Å². The Hall–Kier alpha value is -1.46. The summed E-state index contributed by atoms with van der Waals surface area (Å²) in [5, 5.41) is 20.2. The molecular formula is C10H18N4O2. The number of aliphatic carboxylic acids is 1. The topological polar surface area (TPSA) is 80.9 Å². The molecule has 0 saturated heterocycles. The number of aromatic nitrogens is 4. The lowest BCUT2D eigenvalue weighted by atomic mass is 9.95. The molecule has 0 spiro atoms. The van der Waals surface area contributed by atoms with Gasteiger partial charge >= 0.3 is 5.97 Å². The molecule has 1 unspecified atom stereocenters. The van der Waals surface area contributed by atoms with Gasteiger partial charge in [-0.2, -0.15) is 0 Å². The van der Waals surface area contributed by atoms with Crippen LogP contribution >= 0.6 is 0 Å². The van der Waals surface area contributed by atoms with E-state index < -0.39 is 5.97 Å². The van der Waals surface area contributed by atoms with Crippen LogP contribution in [-0.4, -0.2) is 31.3 Å². The van der Waals surface area contributed by atoms with Gasteiger partial charge in [-0.05, 0) is 16.3 Å². The third-order valence-corrected chi connectivity index (χ3v) is 2.21. The molecule has 1 atom stereocenters. The molecule has 0 aliphatic heterocycles. The van der Waals surface area contributed by atoms with Gasteiger partial charge < -0.3 is 5.11 Å². The lowest BCUT2D eigenvalue weighted by Gasteiger charge is -2.18. The number of carboxylic acids is 1. The highest BCUT2D eigenvalue weighted by Crippen LogP contribution is 2.19. The van der Waals surface area contributed by atoms with Gasteiger partial charge in [0.25, 0.3) is 0 Å². The number of rotatable bonds is 4. The molecule has 6 nitrogen and oxygen atoms in total. The maximum Gasteiger partial charge on any atom is 0.303 e. The van der Waals surface area contributed by atoms with Gasteiger partial charge in [-0.25, -0.2) is 4.68 Å². The quantitative estimate of drug-likeness (QED) is 0.830. The molecule has 0 aliphatic carbocycles. The van der Waals surface area contributed by atoms with E-state index in [1.54, 1.807) is 4.68 Å². The van der Waals surface area contributed by atoms with Crippen molar-refractivity contribution in [2.45, 2.75) is 46.1 Å². The molecule has 90 valence electrons. The van der Waals surface area contributed by atoms with Crippen LogP contribution in [0, 0.1) is 5.92 Å². The van der Waals surface area contributed by atoms with Crippen molar-refractivity contribution >= 4 is 5.97 Å². The predicted molar refractivity (Wildman–Crippen MR) is 57.9 cm³/mol. The number of tetrazole rings is 1. The van der Waals surface area contributed by atoms with Crippen LogP contribution in [0.3, 0.4) is 0 Å². The van der Waals surface area contributed by atoms with Crippen LogP contribution in [0.1, 0.15) is 39.9 Å². The molecule has 1 rings (SSSR count). The fourth-order valence-corrected chi connectivity index (χ4v) is 1.52. The van der Waals surface area contributed by atoms with Crippen LogP contribution in [0.15, 0.2) is 0 Å². The van der Waals surface area contributed by atoms with E-state index in [-0.39, 0.29) is 17.8 Å². The van der Waals surface area contributed by atoms with Gasteiger partial charge in [0.05, 0.1) is 0 Å². The van der Waals surface area contributed by atoms with E-state index in [1.807, 2.05) is 27.7 Å². The summed E-state index contributed by atoms with van der Waals surface area (Å²) in [5.41, 5.74) is -0.132. The lowest BCUT2D eigenvalue weighted by Crippen LogP contribution is -2.22. The molecule has 6 heteroatoms. The minimum atomic E-state index is -0.794. The molecule has 1 aromatic rings. The van der Waals surface area contributed by atoms with E-state index in [0.717, 1.165) is 5.82 Å². The summed E-state index contributed by atoms with van der Waals surface area (Å²) >= 11 is 0. The Labute approximate surface area is 94.7 Å². The Kier molecular flexibility index (Phi) is 3.62. The first kappa shape index (κ1) is 12.6. The average Bonchev–Trinajstić information content (AvgIpc) is 2.48. The van der Waals surface area contributed by atoms with E-state index in [2.05, 4.69) is 15.5 Å². The molecule has 0 amide bonds. The SMILES string of the molecule is CC(CC(=O)O)Cn1nnnc1C(C)(C)C. The molecule has 0 fully saturated rings. The van der Waals surface area contributed by atoms with Crippen LogP contribution < -0.4 is 0 Å². The number of hydrogen-bond acceptors (Lipinski definition) is 4. The molecular weight excluding hydrogens is 208 g/mol. The number of carbonyl (C=O) groups is 1. The van der Waals surface area contributed by atoms with Gasteiger partial charge in [0.2, 0.25) is 0 Å². The molecule has 1 N–H and O–H groups in total. The van der Waals surface area contributed by atoms with Crippen molar-refractivity contribution < 1.29 is 9.90 Å². The average molecular weight is 226 g/mol. The Balaban J connectivity index is 2.74. The zero-order valence-corrected chi connectivity index (χ0v) is 10.1. The number of nitrogens with zero attached hydrogens (tertiary/aromatic N) is 4. The molecule has 0 aromatic carbocycles. The third-order valence-electron chi connectivity index (χ3n) is 2.21. The van der Waals surface area contributed by atoms with Crippen molar-refractivity contribution in [2.24, 2.45) is 5.92 Å². The number of carboxylic acid groups (broad SMARTS) is 1. The minimum Gasteiger partial charge on any atom is -0.481 e. The third kappa shape index (κ3) is 3.29. The molecule has 1 heterocycles. The summed E-state index contributed by atoms with van der Waals surface area (Å²) in [6.07, 6.45) is 0.128. The van der Waals surface area contributed by atoms with Crippen LogP contribution in [0.4, 0.5) is 0 Å². The Morgan fingerprint density at radius 1 is 1.50 bits per heavy atom. The molecule has 1 aromatic heterocycles. The van der Waals surface area contributed by atoms with Gasteiger partial charge in [0, 0.05) is 18.4 Å². The second kappa shape index (κ2) is 4.59. The van der Waals surface area contributed by atoms with E-state index in [1.165, 1.54) is 0 Å². The molecule has 0 bridgehead atoms. The van der Waals surface area contributed by atoms with Crippen molar-refractivity contribution in [3.05, 3.63) is 5.82 Å². The standard InChI is InChI=1S/C10H18N4O2/c1-7(5-8(15)16)6-14-9(10(2,3)4)11-12-13-14/h7H,5-6H2,1-4H3,(H,15,16). The smallest absolute Gasteiger partial charge is 0.303 e. The first-order valence-electron chi connectivity index (χ1n) is 5.29. The minimum absolute atomic E-state index is 0.0158. The Bertz CT molecular complexity index is 367. The summed E-state index contributed by atoms with van der Waals surface area (Å²) in [4.78, 5) is 10.6. The largest absolute Gasteiger partial charge is 0.481 e. The summed E-state index contributed by atoms with van der Waals surface area (Å²) in [6, 6.07) is 0. The maximum absolute atomic E-state index is 10.6. The zero-order chi connectivity index (χ0) is 12.3. The second-order valence-corrected chi connectivity index (χ2v) is 5.14. The van der Waals surface area contributed by atoms with Crippen molar-refractivity contribution in [3.8, 4) is 0 Å². The van der Waals surface area contributed by atoms with Gasteiger partial charge in [-0.1, -0.05) is 27.7 Å². The Morgan fingerprint density at radius 2 is 2.12 bits per heavy atom. The van der Waals surface area contributed by atoms with Crippen LogP contribution in [0.5, 0.6) is 0 Å². The first-order valence-corrected chi connectivity index (χ1v) is 5.29. The highest BCUT2D eigenvalue weighted by atomic mass is 16.4. The normalized spacial score (nSPS) is 13.8. The zero-order valence-electron chi connectivity index (χ0n) is 10.1. The monoisotopic (exact) mass is 226 g/mol. The van der Waals surface area contributed by atoms with E-state index >= 15 is 0 Å². The first-order chi connectivity index (χ1) is 7.30. The van der Waals surface area contributed by atoms with Crippen LogP contribution in [0.2, 0.25) is 0 Å². The van der Waals surface area contributed by atoms with E-state index in [9.17, 15) is 4.79 Å². The maximum atomic E-state index is 10.6. The van der Waals surface area contributed by atoms with Crippen molar-refractivity contribution in [1.82, 2.24) is 20.2 Å². The van der Waals surface area contributed by atoms with Crippen LogP contribution in [0.25, 0.3) is 0 Å². The van der Waals surface area contributed by atoms with Gasteiger partial charge in [0.1, 0.15) is 0 Å². The van der Waals surface area contributed by atoms with Gasteiger partial charge in [-0.3, -0.25) is 4.79 Å². The fraction of sp³-hybridized carbons (Fsp3) is 0.800. The molecule has 0 aliphatic rings. The summed E-state index contributed by atoms with van der Waals surface area (Å²) in [5.74, 6) is 0.00437. The lowest BCUT2D eigenvalue weighted by molar-refractivity contribution is -0.138. The van der Waals surface area contributed by atoms with Crippen molar-refractivity contribution in [2.75, 3.05) is 0 Å². The number of hydrogen-bond donors (Lipinski definition) is 1. The summed E-state index contributed by atoms with van der Waals surface area (Å²) in [6.45, 7) is 8.49. The summed E-state index contributed by atoms with van der Waals surface area (Å²) < 4.78 is 1.69. The highest BCUT2D eigenvalue weighted by Gasteiger charge is 2.23. The van der Waals surface area contributed by atoms with Crippen LogP contribution in [-0.2, 0) is 16.8 Å². The van der Waals surface area contributed by atoms with E-state index in [4.69, 9.17) is 5.11 Å². The molecule has 16 heavy (non-hydrogen) atoms. The predicted octanol–water partition coefficient (Wildman–Crippen LogP) is 1.08. The molecule has 0 saturated carbocycles.